The van der Waals surface area contributed by atoms with Crippen LogP contribution in [-0.2, 0) is 0 Å². The molecule has 2 heteroatoms. The van der Waals surface area contributed by atoms with Crippen LogP contribution in [-0.4, -0.2) is 19.3 Å². The van der Waals surface area contributed by atoms with Crippen LogP contribution in [0.15, 0.2) is 24.3 Å². The van der Waals surface area contributed by atoms with E-state index in [4.69, 9.17) is 5.41 Å². The second kappa shape index (κ2) is 9.60. The SMILES string of the molecule is CCCCCN(CCCCC)c1cccc(C=N)c1. The third-order valence-electron chi connectivity index (χ3n) is 3.47. The highest BCUT2D eigenvalue weighted by molar-refractivity contribution is 5.78. The Morgan fingerprint density at radius 3 is 2.16 bits per heavy atom. The fourth-order valence-electron chi connectivity index (χ4n) is 2.29. The molecule has 106 valence electrons. The largest absolute Gasteiger partial charge is 0.372 e. The summed E-state index contributed by atoms with van der Waals surface area (Å²) < 4.78 is 0. The van der Waals surface area contributed by atoms with E-state index in [2.05, 4.69) is 36.9 Å². The van der Waals surface area contributed by atoms with Gasteiger partial charge in [0.25, 0.3) is 0 Å². The van der Waals surface area contributed by atoms with Gasteiger partial charge < -0.3 is 10.3 Å². The highest BCUT2D eigenvalue weighted by atomic mass is 15.1. The topological polar surface area (TPSA) is 27.1 Å². The molecular formula is C17H28N2. The summed E-state index contributed by atoms with van der Waals surface area (Å²) in [5.41, 5.74) is 2.27. The second-order valence-electron chi connectivity index (χ2n) is 5.14. The minimum Gasteiger partial charge on any atom is -0.372 e. The van der Waals surface area contributed by atoms with Gasteiger partial charge in [0.2, 0.25) is 0 Å². The van der Waals surface area contributed by atoms with Crippen molar-refractivity contribution < 1.29 is 0 Å². The molecule has 1 aromatic rings. The number of hydrogen-bond donors (Lipinski definition) is 1. The third kappa shape index (κ3) is 5.91. The van der Waals surface area contributed by atoms with Gasteiger partial charge in [-0.25, -0.2) is 0 Å². The van der Waals surface area contributed by atoms with Crippen molar-refractivity contribution in [2.24, 2.45) is 0 Å². The normalized spacial score (nSPS) is 10.4. The van der Waals surface area contributed by atoms with E-state index in [9.17, 15) is 0 Å². The fourth-order valence-corrected chi connectivity index (χ4v) is 2.29. The van der Waals surface area contributed by atoms with Gasteiger partial charge in [-0.05, 0) is 30.5 Å². The Balaban J connectivity index is 2.66. The molecule has 0 saturated heterocycles. The Labute approximate surface area is 118 Å². The van der Waals surface area contributed by atoms with E-state index in [1.54, 1.807) is 0 Å². The zero-order chi connectivity index (χ0) is 13.9. The number of nitrogens with zero attached hydrogens (tertiary/aromatic N) is 1. The minimum absolute atomic E-state index is 0.994. The Bertz CT molecular complexity index is 350. The molecule has 0 amide bonds. The maximum atomic E-state index is 7.37. The van der Waals surface area contributed by atoms with E-state index in [0.29, 0.717) is 0 Å². The van der Waals surface area contributed by atoms with Crippen molar-refractivity contribution in [2.75, 3.05) is 18.0 Å². The number of hydrogen-bond acceptors (Lipinski definition) is 2. The quantitative estimate of drug-likeness (QED) is 0.471. The molecule has 1 rings (SSSR count). The summed E-state index contributed by atoms with van der Waals surface area (Å²) in [6, 6.07) is 8.35. The molecular weight excluding hydrogens is 232 g/mol. The summed E-state index contributed by atoms with van der Waals surface area (Å²) in [5.74, 6) is 0. The van der Waals surface area contributed by atoms with Crippen molar-refractivity contribution in [1.82, 2.24) is 0 Å². The van der Waals surface area contributed by atoms with Gasteiger partial charge in [-0.15, -0.1) is 0 Å². The van der Waals surface area contributed by atoms with Crippen LogP contribution in [0.25, 0.3) is 0 Å². The van der Waals surface area contributed by atoms with E-state index in [1.165, 1.54) is 50.4 Å². The van der Waals surface area contributed by atoms with Gasteiger partial charge >= 0.3 is 0 Å². The molecule has 0 bridgehead atoms. The maximum Gasteiger partial charge on any atom is 0.0372 e. The lowest BCUT2D eigenvalue weighted by Crippen LogP contribution is -2.25. The average molecular weight is 260 g/mol. The number of anilines is 1. The molecule has 0 aliphatic carbocycles. The van der Waals surface area contributed by atoms with Gasteiger partial charge in [0, 0.05) is 25.0 Å². The summed E-state index contributed by atoms with van der Waals surface area (Å²) in [6.07, 6.45) is 9.09. The van der Waals surface area contributed by atoms with Crippen molar-refractivity contribution >= 4 is 11.9 Å². The predicted octanol–water partition coefficient (Wildman–Crippen LogP) is 4.87. The van der Waals surface area contributed by atoms with Crippen LogP contribution in [0.3, 0.4) is 0 Å². The molecule has 0 aliphatic heterocycles. The van der Waals surface area contributed by atoms with Gasteiger partial charge in [-0.3, -0.25) is 0 Å². The number of rotatable bonds is 10. The zero-order valence-corrected chi connectivity index (χ0v) is 12.5. The monoisotopic (exact) mass is 260 g/mol. The fraction of sp³-hybridized carbons (Fsp3) is 0.588. The lowest BCUT2D eigenvalue weighted by Gasteiger charge is -2.25. The van der Waals surface area contributed by atoms with Crippen LogP contribution in [0.2, 0.25) is 0 Å². The van der Waals surface area contributed by atoms with Crippen LogP contribution < -0.4 is 4.90 Å². The Morgan fingerprint density at radius 2 is 1.63 bits per heavy atom. The first-order chi connectivity index (χ1) is 9.31. The summed E-state index contributed by atoms with van der Waals surface area (Å²) in [4.78, 5) is 2.48. The van der Waals surface area contributed by atoms with Crippen molar-refractivity contribution in [1.29, 1.82) is 5.41 Å². The standard InChI is InChI=1S/C17H28N2/c1-3-5-7-12-19(13-8-6-4-2)17-11-9-10-16(14-17)15-18/h9-11,14-15,18H,3-8,12-13H2,1-2H3. The van der Waals surface area contributed by atoms with E-state index < -0.39 is 0 Å². The molecule has 2 nitrogen and oxygen atoms in total. The van der Waals surface area contributed by atoms with Gasteiger partial charge in [-0.1, -0.05) is 51.7 Å². The molecule has 0 spiro atoms. The predicted molar refractivity (Wildman–Crippen MR) is 85.6 cm³/mol. The maximum absolute atomic E-state index is 7.37. The van der Waals surface area contributed by atoms with Crippen LogP contribution in [0.4, 0.5) is 5.69 Å². The highest BCUT2D eigenvalue weighted by Gasteiger charge is 2.06. The third-order valence-corrected chi connectivity index (χ3v) is 3.47. The van der Waals surface area contributed by atoms with Crippen LogP contribution in [0.5, 0.6) is 0 Å². The highest BCUT2D eigenvalue weighted by Crippen LogP contribution is 2.17. The smallest absolute Gasteiger partial charge is 0.0372 e. The molecule has 0 heterocycles. The number of benzene rings is 1. The van der Waals surface area contributed by atoms with Gasteiger partial charge in [-0.2, -0.15) is 0 Å². The van der Waals surface area contributed by atoms with Gasteiger partial charge in [0.15, 0.2) is 0 Å². The van der Waals surface area contributed by atoms with Crippen LogP contribution in [0.1, 0.15) is 57.9 Å². The second-order valence-corrected chi connectivity index (χ2v) is 5.14. The van der Waals surface area contributed by atoms with E-state index in [-0.39, 0.29) is 0 Å². The van der Waals surface area contributed by atoms with Gasteiger partial charge in [0.1, 0.15) is 0 Å². The first-order valence-corrected chi connectivity index (χ1v) is 7.67. The molecule has 0 unspecified atom stereocenters. The molecule has 19 heavy (non-hydrogen) atoms. The minimum atomic E-state index is 0.994. The average Bonchev–Trinajstić information content (AvgIpc) is 2.46. The molecule has 1 N–H and O–H groups in total. The molecule has 0 saturated carbocycles. The molecule has 0 fully saturated rings. The lowest BCUT2D eigenvalue weighted by molar-refractivity contribution is 0.636. The van der Waals surface area contributed by atoms with Crippen LogP contribution in [0, 0.1) is 5.41 Å². The van der Waals surface area contributed by atoms with E-state index >= 15 is 0 Å². The van der Waals surface area contributed by atoms with Gasteiger partial charge in [0.05, 0.1) is 0 Å². The molecule has 0 atom stereocenters. The zero-order valence-electron chi connectivity index (χ0n) is 12.5. The first kappa shape index (κ1) is 15.7. The summed E-state index contributed by atoms with van der Waals surface area (Å²) in [6.45, 7) is 6.77. The molecule has 1 aromatic carbocycles. The van der Waals surface area contributed by atoms with E-state index in [0.717, 1.165) is 18.7 Å². The molecule has 0 radical (unpaired) electrons. The van der Waals surface area contributed by atoms with E-state index in [1.807, 2.05) is 6.07 Å². The molecule has 0 aliphatic rings. The van der Waals surface area contributed by atoms with Crippen molar-refractivity contribution in [3.8, 4) is 0 Å². The number of unbranched alkanes of at least 4 members (excludes halogenated alkanes) is 4. The Morgan fingerprint density at radius 1 is 1.00 bits per heavy atom. The number of nitrogens with one attached hydrogen (secondary N) is 1. The van der Waals surface area contributed by atoms with Crippen molar-refractivity contribution in [3.63, 3.8) is 0 Å². The Hall–Kier alpha value is -1.31. The van der Waals surface area contributed by atoms with Crippen LogP contribution >= 0.6 is 0 Å². The van der Waals surface area contributed by atoms with Crippen molar-refractivity contribution in [2.45, 2.75) is 52.4 Å². The molecule has 0 aromatic heterocycles. The van der Waals surface area contributed by atoms with Crippen molar-refractivity contribution in [3.05, 3.63) is 29.8 Å². The first-order valence-electron chi connectivity index (χ1n) is 7.67. The summed E-state index contributed by atoms with van der Waals surface area (Å²) >= 11 is 0. The Kier molecular flexibility index (Phi) is 7.95. The summed E-state index contributed by atoms with van der Waals surface area (Å²) in [7, 11) is 0. The lowest BCUT2D eigenvalue weighted by atomic mass is 10.1. The summed E-state index contributed by atoms with van der Waals surface area (Å²) in [5, 5.41) is 7.37.